The molecule has 3 unspecified atom stereocenters. The molecule has 22 heavy (non-hydrogen) atoms. The second-order valence-electron chi connectivity index (χ2n) is 7.52. The molecule has 0 aliphatic heterocycles. The Labute approximate surface area is 131 Å². The van der Waals surface area contributed by atoms with Crippen LogP contribution in [0.5, 0.6) is 0 Å². The molecule has 5 atom stereocenters. The lowest BCUT2D eigenvalue weighted by Crippen LogP contribution is -2.47. The van der Waals surface area contributed by atoms with Gasteiger partial charge in [0.2, 0.25) is 0 Å². The maximum atomic E-state index is 12.6. The number of ketones is 1. The highest BCUT2D eigenvalue weighted by Crippen LogP contribution is 2.59. The van der Waals surface area contributed by atoms with E-state index in [4.69, 9.17) is 9.84 Å². The molecular formula is C18H26O4. The Morgan fingerprint density at radius 1 is 1.45 bits per heavy atom. The van der Waals surface area contributed by atoms with Gasteiger partial charge >= 0.3 is 5.97 Å². The molecule has 0 aromatic rings. The van der Waals surface area contributed by atoms with Gasteiger partial charge in [0.15, 0.2) is 0 Å². The SMILES string of the molecule is C=C1C[C@@H](OC(=O)CO)C2CCCC3(CCC(=O)C23)C[C@@H]1C. The average Bonchev–Trinajstić information content (AvgIpc) is 2.82. The summed E-state index contributed by atoms with van der Waals surface area (Å²) in [5.74, 6) is 0.252. The zero-order valence-corrected chi connectivity index (χ0v) is 13.3. The molecule has 3 rings (SSSR count). The lowest BCUT2D eigenvalue weighted by atomic mass is 9.56. The van der Waals surface area contributed by atoms with Crippen molar-refractivity contribution < 1.29 is 19.4 Å². The number of hydrogen-bond acceptors (Lipinski definition) is 4. The van der Waals surface area contributed by atoms with Crippen LogP contribution in [0.1, 0.15) is 51.9 Å². The van der Waals surface area contributed by atoms with Crippen molar-refractivity contribution in [2.45, 2.75) is 58.0 Å². The fourth-order valence-corrected chi connectivity index (χ4v) is 5.29. The minimum Gasteiger partial charge on any atom is -0.460 e. The van der Waals surface area contributed by atoms with Gasteiger partial charge in [-0.1, -0.05) is 25.5 Å². The summed E-state index contributed by atoms with van der Waals surface area (Å²) in [5, 5.41) is 9.01. The first kappa shape index (κ1) is 15.7. The summed E-state index contributed by atoms with van der Waals surface area (Å²) in [7, 11) is 0. The van der Waals surface area contributed by atoms with E-state index in [0.717, 1.165) is 37.7 Å². The predicted molar refractivity (Wildman–Crippen MR) is 82.0 cm³/mol. The fourth-order valence-electron chi connectivity index (χ4n) is 5.29. The molecule has 2 bridgehead atoms. The molecule has 1 N–H and O–H groups in total. The van der Waals surface area contributed by atoms with Gasteiger partial charge < -0.3 is 9.84 Å². The van der Waals surface area contributed by atoms with Crippen LogP contribution in [0.4, 0.5) is 0 Å². The Balaban J connectivity index is 1.96. The zero-order chi connectivity index (χ0) is 15.9. The fraction of sp³-hybridized carbons (Fsp3) is 0.778. The third kappa shape index (κ3) is 2.51. The van der Waals surface area contributed by atoms with Crippen LogP contribution < -0.4 is 0 Å². The summed E-state index contributed by atoms with van der Waals surface area (Å²) >= 11 is 0. The van der Waals surface area contributed by atoms with Crippen LogP contribution in [0.25, 0.3) is 0 Å². The van der Waals surface area contributed by atoms with Crippen molar-refractivity contribution in [1.82, 2.24) is 0 Å². The molecule has 3 aliphatic rings. The Bertz CT molecular complexity index is 497. The van der Waals surface area contributed by atoms with Gasteiger partial charge in [0.1, 0.15) is 18.5 Å². The van der Waals surface area contributed by atoms with Crippen molar-refractivity contribution in [2.24, 2.45) is 23.2 Å². The molecular weight excluding hydrogens is 280 g/mol. The van der Waals surface area contributed by atoms with E-state index in [0.29, 0.717) is 24.5 Å². The summed E-state index contributed by atoms with van der Waals surface area (Å²) in [6.07, 6.45) is 6.15. The molecule has 3 aliphatic carbocycles. The maximum absolute atomic E-state index is 12.6. The number of hydrogen-bond donors (Lipinski definition) is 1. The summed E-state index contributed by atoms with van der Waals surface area (Å²) in [4.78, 5) is 24.2. The van der Waals surface area contributed by atoms with E-state index >= 15 is 0 Å². The summed E-state index contributed by atoms with van der Waals surface area (Å²) in [5.41, 5.74) is 1.20. The van der Waals surface area contributed by atoms with Crippen LogP contribution in [-0.2, 0) is 14.3 Å². The zero-order valence-electron chi connectivity index (χ0n) is 13.3. The first-order chi connectivity index (χ1) is 10.5. The van der Waals surface area contributed by atoms with Crippen LogP contribution in [-0.4, -0.2) is 29.6 Å². The first-order valence-corrected chi connectivity index (χ1v) is 8.47. The van der Waals surface area contributed by atoms with Gasteiger partial charge in [0, 0.05) is 24.7 Å². The van der Waals surface area contributed by atoms with E-state index in [1.807, 2.05) is 0 Å². The molecule has 0 aromatic heterocycles. The van der Waals surface area contributed by atoms with Crippen molar-refractivity contribution in [3.8, 4) is 0 Å². The molecule has 0 radical (unpaired) electrons. The van der Waals surface area contributed by atoms with Gasteiger partial charge in [-0.25, -0.2) is 4.79 Å². The molecule has 3 saturated carbocycles. The highest BCUT2D eigenvalue weighted by Gasteiger charge is 2.56. The van der Waals surface area contributed by atoms with E-state index in [1.54, 1.807) is 0 Å². The lowest BCUT2D eigenvalue weighted by Gasteiger charge is -2.49. The van der Waals surface area contributed by atoms with E-state index in [-0.39, 0.29) is 23.4 Å². The number of aliphatic hydroxyl groups is 1. The number of rotatable bonds is 2. The van der Waals surface area contributed by atoms with Crippen LogP contribution in [0.3, 0.4) is 0 Å². The monoisotopic (exact) mass is 306 g/mol. The van der Waals surface area contributed by atoms with Crippen molar-refractivity contribution in [2.75, 3.05) is 6.61 Å². The Morgan fingerprint density at radius 3 is 2.95 bits per heavy atom. The molecule has 0 amide bonds. The Kier molecular flexibility index (Phi) is 4.15. The van der Waals surface area contributed by atoms with E-state index in [1.165, 1.54) is 0 Å². The number of carbonyl (C=O) groups excluding carboxylic acids is 2. The second kappa shape index (κ2) is 5.80. The standard InChI is InChI=1S/C18H26O4/c1-11-8-15(22-16(21)10-19)13-4-3-6-18(9-12(11)2)7-5-14(20)17(13)18/h12-13,15,17,19H,1,3-10H2,2H3/t12-,13?,15+,17?,18?/m0/s1. The lowest BCUT2D eigenvalue weighted by molar-refractivity contribution is -0.161. The first-order valence-electron chi connectivity index (χ1n) is 8.47. The summed E-state index contributed by atoms with van der Waals surface area (Å²) in [6.45, 7) is 5.77. The van der Waals surface area contributed by atoms with E-state index < -0.39 is 12.6 Å². The van der Waals surface area contributed by atoms with Gasteiger partial charge in [-0.2, -0.15) is 0 Å². The molecule has 0 aromatic carbocycles. The predicted octanol–water partition coefficient (Wildman–Crippen LogP) is 2.64. The number of aliphatic hydroxyl groups excluding tert-OH is 1. The number of ether oxygens (including phenoxy) is 1. The third-order valence-electron chi connectivity index (χ3n) is 6.28. The highest BCUT2D eigenvalue weighted by molar-refractivity contribution is 5.85. The minimum absolute atomic E-state index is 0.0355. The molecule has 4 nitrogen and oxygen atoms in total. The molecule has 122 valence electrons. The van der Waals surface area contributed by atoms with Crippen molar-refractivity contribution in [3.63, 3.8) is 0 Å². The minimum atomic E-state index is -0.602. The second-order valence-corrected chi connectivity index (χ2v) is 7.52. The van der Waals surface area contributed by atoms with Gasteiger partial charge in [-0.05, 0) is 37.0 Å². The Hall–Kier alpha value is -1.16. The van der Waals surface area contributed by atoms with Gasteiger partial charge in [0.05, 0.1) is 0 Å². The van der Waals surface area contributed by atoms with Gasteiger partial charge in [-0.15, -0.1) is 0 Å². The third-order valence-corrected chi connectivity index (χ3v) is 6.28. The van der Waals surface area contributed by atoms with E-state index in [9.17, 15) is 9.59 Å². The molecule has 0 heterocycles. The Morgan fingerprint density at radius 2 is 2.23 bits per heavy atom. The number of esters is 1. The molecule has 4 heteroatoms. The van der Waals surface area contributed by atoms with Crippen molar-refractivity contribution in [3.05, 3.63) is 12.2 Å². The van der Waals surface area contributed by atoms with Crippen molar-refractivity contribution >= 4 is 11.8 Å². The normalized spacial score (nSPS) is 41.5. The molecule has 0 spiro atoms. The van der Waals surface area contributed by atoms with E-state index in [2.05, 4.69) is 13.5 Å². The quantitative estimate of drug-likeness (QED) is 0.629. The number of carbonyl (C=O) groups is 2. The van der Waals surface area contributed by atoms with Crippen LogP contribution in [0, 0.1) is 23.2 Å². The van der Waals surface area contributed by atoms with Crippen LogP contribution in [0.15, 0.2) is 12.2 Å². The van der Waals surface area contributed by atoms with Crippen molar-refractivity contribution in [1.29, 1.82) is 0 Å². The summed E-state index contributed by atoms with van der Waals surface area (Å²) < 4.78 is 5.53. The van der Waals surface area contributed by atoms with Gasteiger partial charge in [0.25, 0.3) is 0 Å². The summed E-state index contributed by atoms with van der Waals surface area (Å²) in [6, 6.07) is 0. The average molecular weight is 306 g/mol. The largest absolute Gasteiger partial charge is 0.460 e. The number of Topliss-reactive ketones (excluding diaryl/α,β-unsaturated/α-hetero) is 1. The molecule has 3 fully saturated rings. The topological polar surface area (TPSA) is 63.6 Å². The highest BCUT2D eigenvalue weighted by atomic mass is 16.6. The smallest absolute Gasteiger partial charge is 0.332 e. The van der Waals surface area contributed by atoms with Gasteiger partial charge in [-0.3, -0.25) is 4.79 Å². The van der Waals surface area contributed by atoms with Crippen LogP contribution in [0.2, 0.25) is 0 Å². The maximum Gasteiger partial charge on any atom is 0.332 e. The van der Waals surface area contributed by atoms with Crippen LogP contribution >= 0.6 is 0 Å². The molecule has 0 saturated heterocycles.